The molecule has 4 aromatic rings. The van der Waals surface area contributed by atoms with Crippen molar-refractivity contribution in [1.82, 2.24) is 19.1 Å². The molecule has 2 heterocycles. The van der Waals surface area contributed by atoms with Gasteiger partial charge in [-0.2, -0.15) is 9.40 Å². The Hall–Kier alpha value is -3.56. The SMILES string of the molecule is Cc1cc(C(=O)Nc2ccc(S(=O)(=O)N(C)Cc3ccccc3)cc2)c2c(C)nn(C)c2n1. The molecular formula is C24H25N5O3S. The summed E-state index contributed by atoms with van der Waals surface area (Å²) in [7, 11) is -0.335. The van der Waals surface area contributed by atoms with Crippen LogP contribution in [0.25, 0.3) is 11.0 Å². The molecule has 33 heavy (non-hydrogen) atoms. The molecule has 170 valence electrons. The smallest absolute Gasteiger partial charge is 0.256 e. The molecule has 0 radical (unpaired) electrons. The van der Waals surface area contributed by atoms with E-state index >= 15 is 0 Å². The number of hydrogen-bond acceptors (Lipinski definition) is 5. The lowest BCUT2D eigenvalue weighted by Crippen LogP contribution is -2.26. The third kappa shape index (κ3) is 4.50. The van der Waals surface area contributed by atoms with Gasteiger partial charge in [0.25, 0.3) is 5.91 Å². The Bertz CT molecular complexity index is 1430. The van der Waals surface area contributed by atoms with Gasteiger partial charge >= 0.3 is 0 Å². The van der Waals surface area contributed by atoms with Gasteiger partial charge in [0.15, 0.2) is 5.65 Å². The van der Waals surface area contributed by atoms with Gasteiger partial charge in [-0.3, -0.25) is 9.48 Å². The first-order chi connectivity index (χ1) is 15.7. The monoisotopic (exact) mass is 463 g/mol. The van der Waals surface area contributed by atoms with Gasteiger partial charge in [0.1, 0.15) is 0 Å². The predicted molar refractivity (Wildman–Crippen MR) is 127 cm³/mol. The van der Waals surface area contributed by atoms with Crippen LogP contribution < -0.4 is 5.32 Å². The number of fused-ring (bicyclic) bond motifs is 1. The van der Waals surface area contributed by atoms with E-state index in [0.29, 0.717) is 33.7 Å². The number of pyridine rings is 1. The second kappa shape index (κ2) is 8.76. The molecule has 9 heteroatoms. The number of sulfonamides is 1. The van der Waals surface area contributed by atoms with Gasteiger partial charge in [0, 0.05) is 32.0 Å². The highest BCUT2D eigenvalue weighted by Gasteiger charge is 2.22. The number of aryl methyl sites for hydroxylation is 3. The van der Waals surface area contributed by atoms with Crippen LogP contribution in [-0.4, -0.2) is 40.4 Å². The van der Waals surface area contributed by atoms with E-state index in [0.717, 1.165) is 5.56 Å². The maximum Gasteiger partial charge on any atom is 0.256 e. The van der Waals surface area contributed by atoms with Crippen LogP contribution in [-0.2, 0) is 23.6 Å². The van der Waals surface area contributed by atoms with Gasteiger partial charge in [-0.05, 0) is 49.7 Å². The summed E-state index contributed by atoms with van der Waals surface area (Å²) < 4.78 is 28.8. The number of anilines is 1. The molecule has 8 nitrogen and oxygen atoms in total. The third-order valence-electron chi connectivity index (χ3n) is 5.41. The molecule has 0 fully saturated rings. The van der Waals surface area contributed by atoms with Crippen LogP contribution in [0.5, 0.6) is 0 Å². The molecule has 0 spiro atoms. The van der Waals surface area contributed by atoms with Gasteiger partial charge in [-0.1, -0.05) is 30.3 Å². The Morgan fingerprint density at radius 3 is 2.39 bits per heavy atom. The molecule has 0 bridgehead atoms. The van der Waals surface area contributed by atoms with Gasteiger partial charge in [-0.25, -0.2) is 13.4 Å². The van der Waals surface area contributed by atoms with Crippen LogP contribution in [0.1, 0.15) is 27.3 Å². The van der Waals surface area contributed by atoms with E-state index in [2.05, 4.69) is 15.4 Å². The lowest BCUT2D eigenvalue weighted by Gasteiger charge is -2.17. The van der Waals surface area contributed by atoms with Crippen LogP contribution >= 0.6 is 0 Å². The van der Waals surface area contributed by atoms with E-state index < -0.39 is 10.0 Å². The molecule has 0 aliphatic heterocycles. The molecule has 1 N–H and O–H groups in total. The summed E-state index contributed by atoms with van der Waals surface area (Å²) >= 11 is 0. The zero-order valence-electron chi connectivity index (χ0n) is 18.9. The second-order valence-electron chi connectivity index (χ2n) is 7.94. The molecule has 0 aliphatic carbocycles. The fourth-order valence-electron chi connectivity index (χ4n) is 3.76. The fourth-order valence-corrected chi connectivity index (χ4v) is 4.92. The summed E-state index contributed by atoms with van der Waals surface area (Å²) in [6.45, 7) is 3.93. The van der Waals surface area contributed by atoms with Crippen molar-refractivity contribution in [3.8, 4) is 0 Å². The fraction of sp³-hybridized carbons (Fsp3) is 0.208. The Balaban J connectivity index is 1.55. The number of aromatic nitrogens is 3. The molecule has 1 amide bonds. The minimum Gasteiger partial charge on any atom is -0.322 e. The molecule has 2 aromatic heterocycles. The largest absolute Gasteiger partial charge is 0.322 e. The van der Waals surface area contributed by atoms with Crippen molar-refractivity contribution < 1.29 is 13.2 Å². The van der Waals surface area contributed by atoms with Gasteiger partial charge in [0.2, 0.25) is 10.0 Å². The zero-order valence-corrected chi connectivity index (χ0v) is 19.7. The summed E-state index contributed by atoms with van der Waals surface area (Å²) in [6, 6.07) is 17.3. The van der Waals surface area contributed by atoms with Crippen LogP contribution in [0.3, 0.4) is 0 Å². The molecular weight excluding hydrogens is 438 g/mol. The van der Waals surface area contributed by atoms with Crippen LogP contribution in [0.2, 0.25) is 0 Å². The molecule has 0 unspecified atom stereocenters. The van der Waals surface area contributed by atoms with Crippen LogP contribution in [0, 0.1) is 13.8 Å². The molecule has 0 atom stereocenters. The first-order valence-electron chi connectivity index (χ1n) is 10.4. The minimum absolute atomic E-state index is 0.157. The predicted octanol–water partition coefficient (Wildman–Crippen LogP) is 3.66. The van der Waals surface area contributed by atoms with E-state index in [1.165, 1.54) is 16.4 Å². The highest BCUT2D eigenvalue weighted by Crippen LogP contribution is 2.24. The number of hydrogen-bond donors (Lipinski definition) is 1. The standard InChI is InChI=1S/C24H25N5O3S/c1-16-14-21(22-17(2)27-29(4)23(22)25-16)24(30)26-19-10-12-20(13-11-19)33(31,32)28(3)15-18-8-6-5-7-9-18/h5-14H,15H2,1-4H3,(H,26,30). The summed E-state index contributed by atoms with van der Waals surface area (Å²) in [4.78, 5) is 17.7. The Morgan fingerprint density at radius 1 is 1.06 bits per heavy atom. The second-order valence-corrected chi connectivity index (χ2v) is 9.99. The highest BCUT2D eigenvalue weighted by molar-refractivity contribution is 7.89. The van der Waals surface area contributed by atoms with Crippen LogP contribution in [0.15, 0.2) is 65.6 Å². The van der Waals surface area contributed by atoms with Crippen molar-refractivity contribution in [3.63, 3.8) is 0 Å². The first kappa shape index (κ1) is 22.6. The number of nitrogens with zero attached hydrogens (tertiary/aromatic N) is 4. The zero-order chi connectivity index (χ0) is 23.8. The first-order valence-corrected chi connectivity index (χ1v) is 11.8. The van der Waals surface area contributed by atoms with Gasteiger partial charge < -0.3 is 5.32 Å². The van der Waals surface area contributed by atoms with Crippen molar-refractivity contribution >= 4 is 32.7 Å². The van der Waals surface area contributed by atoms with E-state index in [1.807, 2.05) is 44.2 Å². The number of benzene rings is 2. The molecule has 0 saturated heterocycles. The average molecular weight is 464 g/mol. The number of carbonyl (C=O) groups is 1. The van der Waals surface area contributed by atoms with E-state index in [4.69, 9.17) is 0 Å². The van der Waals surface area contributed by atoms with Crippen molar-refractivity contribution in [2.45, 2.75) is 25.3 Å². The summed E-state index contributed by atoms with van der Waals surface area (Å²) in [5.74, 6) is -0.307. The lowest BCUT2D eigenvalue weighted by atomic mass is 10.1. The average Bonchev–Trinajstić information content (AvgIpc) is 3.07. The topological polar surface area (TPSA) is 97.2 Å². The van der Waals surface area contributed by atoms with Crippen molar-refractivity contribution in [2.75, 3.05) is 12.4 Å². The van der Waals surface area contributed by atoms with Gasteiger partial charge in [-0.15, -0.1) is 0 Å². The molecule has 4 rings (SSSR count). The van der Waals surface area contributed by atoms with Gasteiger partial charge in [0.05, 0.1) is 21.5 Å². The minimum atomic E-state index is -3.67. The number of carbonyl (C=O) groups excluding carboxylic acids is 1. The highest BCUT2D eigenvalue weighted by atomic mass is 32.2. The Labute approximate surface area is 192 Å². The normalized spacial score (nSPS) is 11.8. The number of nitrogens with one attached hydrogen (secondary N) is 1. The van der Waals surface area contributed by atoms with Crippen molar-refractivity contribution in [3.05, 3.63) is 83.2 Å². The molecule has 0 aliphatic rings. The van der Waals surface area contributed by atoms with Crippen LogP contribution in [0.4, 0.5) is 5.69 Å². The maximum absolute atomic E-state index is 13.0. The van der Waals surface area contributed by atoms with Crippen molar-refractivity contribution in [1.29, 1.82) is 0 Å². The summed E-state index contributed by atoms with van der Waals surface area (Å²) in [5, 5.41) is 7.92. The van der Waals surface area contributed by atoms with Crippen molar-refractivity contribution in [2.24, 2.45) is 7.05 Å². The molecule has 2 aromatic carbocycles. The Morgan fingerprint density at radius 2 is 1.73 bits per heavy atom. The number of rotatable bonds is 6. The quantitative estimate of drug-likeness (QED) is 0.471. The van der Waals surface area contributed by atoms with E-state index in [1.54, 1.807) is 37.0 Å². The van der Waals surface area contributed by atoms with E-state index in [9.17, 15) is 13.2 Å². The maximum atomic E-state index is 13.0. The molecule has 0 saturated carbocycles. The number of amides is 1. The Kier molecular flexibility index (Phi) is 6.01. The lowest BCUT2D eigenvalue weighted by molar-refractivity contribution is 0.102. The van der Waals surface area contributed by atoms with E-state index in [-0.39, 0.29) is 17.3 Å². The summed E-state index contributed by atoms with van der Waals surface area (Å²) in [6.07, 6.45) is 0. The summed E-state index contributed by atoms with van der Waals surface area (Å²) in [5.41, 5.74) is 3.93. The third-order valence-corrected chi connectivity index (χ3v) is 7.23.